The van der Waals surface area contributed by atoms with Gasteiger partial charge in [0.1, 0.15) is 11.5 Å². The molecule has 5 nitrogen and oxygen atoms in total. The predicted octanol–water partition coefficient (Wildman–Crippen LogP) is 1.98. The summed E-state index contributed by atoms with van der Waals surface area (Å²) in [7, 11) is 0. The normalized spacial score (nSPS) is 10.6. The van der Waals surface area contributed by atoms with Crippen molar-refractivity contribution < 1.29 is 4.74 Å². The molecule has 0 aromatic carbocycles. The summed E-state index contributed by atoms with van der Waals surface area (Å²) in [6.45, 7) is 8.54. The number of nitrogen functional groups attached to an aromatic ring is 1. The average molecular weight is 224 g/mol. The molecule has 1 heterocycles. The molecule has 0 spiro atoms. The molecule has 16 heavy (non-hydrogen) atoms. The van der Waals surface area contributed by atoms with Crippen molar-refractivity contribution in [2.45, 2.75) is 40.2 Å². The molecular weight excluding hydrogens is 204 g/mol. The molecule has 1 aromatic heterocycles. The number of hydrogen-bond acceptors (Lipinski definition) is 5. The van der Waals surface area contributed by atoms with E-state index in [9.17, 15) is 0 Å². The fraction of sp³-hybridized carbons (Fsp3) is 0.636. The zero-order valence-electron chi connectivity index (χ0n) is 10.4. The van der Waals surface area contributed by atoms with Gasteiger partial charge in [-0.1, -0.05) is 6.92 Å². The third kappa shape index (κ3) is 3.25. The summed E-state index contributed by atoms with van der Waals surface area (Å²) >= 11 is 0. The van der Waals surface area contributed by atoms with E-state index in [1.807, 2.05) is 27.7 Å². The number of anilines is 2. The smallest absolute Gasteiger partial charge is 0.242 e. The van der Waals surface area contributed by atoms with Crippen molar-refractivity contribution in [2.75, 3.05) is 17.7 Å². The van der Waals surface area contributed by atoms with Crippen molar-refractivity contribution in [3.63, 3.8) is 0 Å². The maximum atomic E-state index is 5.93. The molecule has 0 aliphatic heterocycles. The number of nitrogens with two attached hydrogens (primary N) is 1. The summed E-state index contributed by atoms with van der Waals surface area (Å²) < 4.78 is 5.47. The Morgan fingerprint density at radius 1 is 1.38 bits per heavy atom. The number of aromatic nitrogens is 2. The van der Waals surface area contributed by atoms with Gasteiger partial charge in [0.05, 0.1) is 6.61 Å². The van der Waals surface area contributed by atoms with Crippen LogP contribution in [0.15, 0.2) is 0 Å². The Morgan fingerprint density at radius 3 is 2.62 bits per heavy atom. The highest BCUT2D eigenvalue weighted by molar-refractivity contribution is 5.67. The van der Waals surface area contributed by atoms with Crippen LogP contribution in [0.4, 0.5) is 11.5 Å². The molecular formula is C11H20N4O. The zero-order chi connectivity index (χ0) is 12.1. The lowest BCUT2D eigenvalue weighted by Crippen LogP contribution is -2.15. The molecule has 1 rings (SSSR count). The van der Waals surface area contributed by atoms with Crippen molar-refractivity contribution in [3.05, 3.63) is 5.82 Å². The number of aryl methyl sites for hydroxylation is 1. The minimum absolute atomic E-state index is 0.274. The fourth-order valence-electron chi connectivity index (χ4n) is 1.25. The van der Waals surface area contributed by atoms with E-state index in [4.69, 9.17) is 10.5 Å². The predicted molar refractivity (Wildman–Crippen MR) is 65.7 cm³/mol. The Bertz CT molecular complexity index is 352. The first-order valence-corrected chi connectivity index (χ1v) is 5.58. The molecule has 0 radical (unpaired) electrons. The van der Waals surface area contributed by atoms with Crippen molar-refractivity contribution in [1.29, 1.82) is 0 Å². The standard InChI is InChI=1S/C11H20N4O/c1-5-6-16-11-9(12)10(13-7(2)3)14-8(4)15-11/h7H,5-6,12H2,1-4H3,(H,13,14,15). The first-order chi connectivity index (χ1) is 7.54. The molecule has 0 bridgehead atoms. The monoisotopic (exact) mass is 224 g/mol. The minimum atomic E-state index is 0.274. The molecule has 0 unspecified atom stereocenters. The Hall–Kier alpha value is -1.52. The number of nitrogens with one attached hydrogen (secondary N) is 1. The van der Waals surface area contributed by atoms with Gasteiger partial charge >= 0.3 is 0 Å². The zero-order valence-corrected chi connectivity index (χ0v) is 10.4. The van der Waals surface area contributed by atoms with Gasteiger partial charge in [0, 0.05) is 6.04 Å². The molecule has 0 saturated heterocycles. The van der Waals surface area contributed by atoms with Crippen LogP contribution in [0.2, 0.25) is 0 Å². The third-order valence-electron chi connectivity index (χ3n) is 1.89. The Kier molecular flexibility index (Phi) is 4.34. The second-order valence-corrected chi connectivity index (χ2v) is 3.99. The number of rotatable bonds is 5. The molecule has 0 saturated carbocycles. The van der Waals surface area contributed by atoms with Gasteiger partial charge in [0.15, 0.2) is 5.82 Å². The SMILES string of the molecule is CCCOc1nc(C)nc(NC(C)C)c1N. The van der Waals surface area contributed by atoms with Crippen molar-refractivity contribution in [3.8, 4) is 5.88 Å². The van der Waals surface area contributed by atoms with Crippen LogP contribution >= 0.6 is 0 Å². The van der Waals surface area contributed by atoms with Gasteiger partial charge in [-0.25, -0.2) is 4.98 Å². The highest BCUT2D eigenvalue weighted by Crippen LogP contribution is 2.26. The largest absolute Gasteiger partial charge is 0.476 e. The number of ether oxygens (including phenoxy) is 1. The van der Waals surface area contributed by atoms with E-state index >= 15 is 0 Å². The summed E-state index contributed by atoms with van der Waals surface area (Å²) in [5.74, 6) is 1.77. The summed E-state index contributed by atoms with van der Waals surface area (Å²) in [6.07, 6.45) is 0.926. The topological polar surface area (TPSA) is 73.1 Å². The first kappa shape index (κ1) is 12.5. The molecule has 1 aromatic rings. The molecule has 0 atom stereocenters. The van der Waals surface area contributed by atoms with E-state index in [1.54, 1.807) is 0 Å². The second-order valence-electron chi connectivity index (χ2n) is 3.99. The van der Waals surface area contributed by atoms with Gasteiger partial charge in [-0.05, 0) is 27.2 Å². The number of hydrogen-bond donors (Lipinski definition) is 2. The van der Waals surface area contributed by atoms with Crippen molar-refractivity contribution in [2.24, 2.45) is 0 Å². The molecule has 3 N–H and O–H groups in total. The first-order valence-electron chi connectivity index (χ1n) is 5.58. The lowest BCUT2D eigenvalue weighted by molar-refractivity contribution is 0.306. The Balaban J connectivity index is 2.95. The summed E-state index contributed by atoms with van der Waals surface area (Å²) in [5.41, 5.74) is 6.41. The molecule has 0 aliphatic rings. The summed E-state index contributed by atoms with van der Waals surface area (Å²) in [4.78, 5) is 8.43. The Labute approximate surface area is 96.4 Å². The van der Waals surface area contributed by atoms with Gasteiger partial charge < -0.3 is 15.8 Å². The maximum Gasteiger partial charge on any atom is 0.242 e. The van der Waals surface area contributed by atoms with Crippen LogP contribution in [0.3, 0.4) is 0 Å². The highest BCUT2D eigenvalue weighted by atomic mass is 16.5. The van der Waals surface area contributed by atoms with E-state index in [0.29, 0.717) is 29.8 Å². The van der Waals surface area contributed by atoms with Gasteiger partial charge in [-0.15, -0.1) is 0 Å². The van der Waals surface area contributed by atoms with Crippen molar-refractivity contribution >= 4 is 11.5 Å². The van der Waals surface area contributed by atoms with E-state index < -0.39 is 0 Å². The summed E-state index contributed by atoms with van der Waals surface area (Å²) in [5, 5.41) is 3.17. The lowest BCUT2D eigenvalue weighted by Gasteiger charge is -2.14. The van der Waals surface area contributed by atoms with Gasteiger partial charge in [-0.3, -0.25) is 0 Å². The fourth-order valence-corrected chi connectivity index (χ4v) is 1.25. The van der Waals surface area contributed by atoms with Gasteiger partial charge in [0.2, 0.25) is 5.88 Å². The van der Waals surface area contributed by atoms with Crippen LogP contribution in [-0.2, 0) is 0 Å². The molecule has 0 amide bonds. The van der Waals surface area contributed by atoms with Crippen LogP contribution in [-0.4, -0.2) is 22.6 Å². The van der Waals surface area contributed by atoms with E-state index in [1.165, 1.54) is 0 Å². The molecule has 0 aliphatic carbocycles. The number of nitrogens with zero attached hydrogens (tertiary/aromatic N) is 2. The molecule has 5 heteroatoms. The maximum absolute atomic E-state index is 5.93. The molecule has 0 fully saturated rings. The van der Waals surface area contributed by atoms with E-state index in [-0.39, 0.29) is 6.04 Å². The molecule has 90 valence electrons. The lowest BCUT2D eigenvalue weighted by atomic mass is 10.3. The van der Waals surface area contributed by atoms with E-state index in [0.717, 1.165) is 6.42 Å². The average Bonchev–Trinajstić information content (AvgIpc) is 2.20. The van der Waals surface area contributed by atoms with Crippen LogP contribution in [0.1, 0.15) is 33.0 Å². The van der Waals surface area contributed by atoms with Crippen LogP contribution in [0.5, 0.6) is 5.88 Å². The second kappa shape index (κ2) is 5.53. The third-order valence-corrected chi connectivity index (χ3v) is 1.89. The van der Waals surface area contributed by atoms with Crippen molar-refractivity contribution in [1.82, 2.24) is 9.97 Å². The van der Waals surface area contributed by atoms with Crippen LogP contribution < -0.4 is 15.8 Å². The Morgan fingerprint density at radius 2 is 2.06 bits per heavy atom. The highest BCUT2D eigenvalue weighted by Gasteiger charge is 2.11. The quantitative estimate of drug-likeness (QED) is 0.800. The van der Waals surface area contributed by atoms with Crippen LogP contribution in [0.25, 0.3) is 0 Å². The minimum Gasteiger partial charge on any atom is -0.476 e. The van der Waals surface area contributed by atoms with Gasteiger partial charge in [-0.2, -0.15) is 4.98 Å². The van der Waals surface area contributed by atoms with E-state index in [2.05, 4.69) is 15.3 Å². The summed E-state index contributed by atoms with van der Waals surface area (Å²) in [6, 6.07) is 0.274. The van der Waals surface area contributed by atoms with Gasteiger partial charge in [0.25, 0.3) is 0 Å². The van der Waals surface area contributed by atoms with Crippen LogP contribution in [0, 0.1) is 6.92 Å².